The smallest absolute Gasteiger partial charge is 0.408 e. The van der Waals surface area contributed by atoms with Crippen molar-refractivity contribution < 1.29 is 14.3 Å². The Kier molecular flexibility index (Phi) is 5.40. The zero-order valence-corrected chi connectivity index (χ0v) is 12.4. The number of amides is 1. The van der Waals surface area contributed by atoms with Gasteiger partial charge in [-0.1, -0.05) is 12.2 Å². The number of thioether (sulfide) groups is 1. The molecule has 0 unspecified atom stereocenters. The molecule has 0 saturated carbocycles. The van der Waals surface area contributed by atoms with Gasteiger partial charge in [0, 0.05) is 12.3 Å². The van der Waals surface area contributed by atoms with Gasteiger partial charge in [0.25, 0.3) is 0 Å². The number of carbonyl (C=O) groups excluding carboxylic acids is 2. The first-order chi connectivity index (χ1) is 8.33. The van der Waals surface area contributed by atoms with Crippen molar-refractivity contribution in [2.75, 3.05) is 18.8 Å². The van der Waals surface area contributed by atoms with E-state index in [0.29, 0.717) is 4.99 Å². The van der Waals surface area contributed by atoms with Crippen LogP contribution in [0.25, 0.3) is 0 Å². The van der Waals surface area contributed by atoms with Gasteiger partial charge in [0.2, 0.25) is 0 Å². The third kappa shape index (κ3) is 4.81. The van der Waals surface area contributed by atoms with Crippen LogP contribution in [0, 0.1) is 0 Å². The quantitative estimate of drug-likeness (QED) is 0.626. The molecule has 0 radical (unpaired) electrons. The van der Waals surface area contributed by atoms with E-state index >= 15 is 0 Å². The van der Waals surface area contributed by atoms with Crippen molar-refractivity contribution in [3.05, 3.63) is 0 Å². The Hall–Kier alpha value is -0.820. The van der Waals surface area contributed by atoms with Crippen molar-refractivity contribution >= 4 is 41.3 Å². The number of nitrogens with one attached hydrogen (secondary N) is 1. The number of nitrogens with zero attached hydrogens (tertiary/aromatic N) is 1. The summed E-state index contributed by atoms with van der Waals surface area (Å²) in [6.45, 7) is 6.34. The van der Waals surface area contributed by atoms with Crippen LogP contribution in [0.5, 0.6) is 0 Å². The predicted molar refractivity (Wildman–Crippen MR) is 75.9 cm³/mol. The Labute approximate surface area is 117 Å². The first-order valence-corrected chi connectivity index (χ1v) is 7.12. The molecule has 1 heterocycles. The summed E-state index contributed by atoms with van der Waals surface area (Å²) >= 11 is 6.75. The van der Waals surface area contributed by atoms with Gasteiger partial charge >= 0.3 is 6.09 Å². The van der Waals surface area contributed by atoms with E-state index in [0.717, 1.165) is 18.6 Å². The van der Waals surface area contributed by atoms with E-state index in [2.05, 4.69) is 5.32 Å². The zero-order valence-electron chi connectivity index (χ0n) is 10.8. The third-order valence-electron chi connectivity index (χ3n) is 2.15. The fourth-order valence-electron chi connectivity index (χ4n) is 1.43. The van der Waals surface area contributed by atoms with Crippen LogP contribution in [0.4, 0.5) is 4.79 Å². The number of ether oxygens (including phenoxy) is 1. The van der Waals surface area contributed by atoms with Gasteiger partial charge in [0.15, 0.2) is 6.29 Å². The first-order valence-electron chi connectivity index (χ1n) is 5.67. The maximum absolute atomic E-state index is 11.4. The largest absolute Gasteiger partial charge is 0.444 e. The molecule has 5 nitrogen and oxygen atoms in total. The van der Waals surface area contributed by atoms with Crippen LogP contribution in [-0.4, -0.2) is 52.1 Å². The molecule has 1 rings (SSSR count). The van der Waals surface area contributed by atoms with Crippen LogP contribution in [-0.2, 0) is 9.53 Å². The first kappa shape index (κ1) is 15.2. The zero-order chi connectivity index (χ0) is 13.8. The SMILES string of the molecule is CC(C)(C)OC(=O)NCC(=S)N1CCS[C@H]1C=O. The maximum Gasteiger partial charge on any atom is 0.408 e. The fourth-order valence-corrected chi connectivity index (χ4v) is 2.81. The topological polar surface area (TPSA) is 58.6 Å². The average Bonchev–Trinajstić information content (AvgIpc) is 2.71. The molecule has 0 aromatic heterocycles. The van der Waals surface area contributed by atoms with Crippen LogP contribution in [0.3, 0.4) is 0 Å². The van der Waals surface area contributed by atoms with Gasteiger partial charge in [-0.25, -0.2) is 4.79 Å². The molecule has 0 aromatic rings. The molecule has 1 N–H and O–H groups in total. The van der Waals surface area contributed by atoms with Crippen LogP contribution in [0.2, 0.25) is 0 Å². The van der Waals surface area contributed by atoms with Crippen molar-refractivity contribution in [1.82, 2.24) is 10.2 Å². The molecular formula is C11H18N2O3S2. The number of alkyl carbamates (subject to hydrolysis) is 1. The molecule has 18 heavy (non-hydrogen) atoms. The van der Waals surface area contributed by atoms with Crippen LogP contribution < -0.4 is 5.32 Å². The Morgan fingerprint density at radius 2 is 2.28 bits per heavy atom. The van der Waals surface area contributed by atoms with Crippen molar-refractivity contribution in [3.8, 4) is 0 Å². The molecule has 0 aliphatic carbocycles. The van der Waals surface area contributed by atoms with Gasteiger partial charge < -0.3 is 19.7 Å². The Balaban J connectivity index is 2.37. The normalized spacial score (nSPS) is 19.5. The van der Waals surface area contributed by atoms with Gasteiger partial charge in [0.05, 0.1) is 11.5 Å². The molecule has 1 aliphatic heterocycles. The van der Waals surface area contributed by atoms with E-state index in [1.807, 2.05) is 4.90 Å². The lowest BCUT2D eigenvalue weighted by Crippen LogP contribution is -2.43. The number of carbonyl (C=O) groups is 2. The third-order valence-corrected chi connectivity index (χ3v) is 3.65. The summed E-state index contributed by atoms with van der Waals surface area (Å²) in [6, 6.07) is 0. The molecule has 102 valence electrons. The molecule has 0 spiro atoms. The van der Waals surface area contributed by atoms with Gasteiger partial charge in [-0.2, -0.15) is 0 Å². The fraction of sp³-hybridized carbons (Fsp3) is 0.727. The highest BCUT2D eigenvalue weighted by Crippen LogP contribution is 2.22. The second-order valence-electron chi connectivity index (χ2n) is 4.84. The van der Waals surface area contributed by atoms with Crippen molar-refractivity contribution in [2.45, 2.75) is 31.7 Å². The minimum atomic E-state index is -0.527. The van der Waals surface area contributed by atoms with E-state index in [1.54, 1.807) is 32.5 Å². The number of hydrogen-bond donors (Lipinski definition) is 1. The highest BCUT2D eigenvalue weighted by atomic mass is 32.2. The van der Waals surface area contributed by atoms with E-state index in [1.165, 1.54) is 0 Å². The van der Waals surface area contributed by atoms with Gasteiger partial charge in [-0.3, -0.25) is 0 Å². The van der Waals surface area contributed by atoms with Crippen molar-refractivity contribution in [3.63, 3.8) is 0 Å². The molecule has 1 fully saturated rings. The highest BCUT2D eigenvalue weighted by Gasteiger charge is 2.26. The minimum Gasteiger partial charge on any atom is -0.444 e. The Morgan fingerprint density at radius 3 is 2.83 bits per heavy atom. The summed E-state index contributed by atoms with van der Waals surface area (Å²) in [7, 11) is 0. The maximum atomic E-state index is 11.4. The summed E-state index contributed by atoms with van der Waals surface area (Å²) in [4.78, 5) is 24.6. The lowest BCUT2D eigenvalue weighted by molar-refractivity contribution is -0.108. The van der Waals surface area contributed by atoms with E-state index in [9.17, 15) is 9.59 Å². The van der Waals surface area contributed by atoms with Crippen molar-refractivity contribution in [1.29, 1.82) is 0 Å². The van der Waals surface area contributed by atoms with Gasteiger partial charge in [0.1, 0.15) is 11.0 Å². The average molecular weight is 290 g/mol. The number of thiocarbonyl (C=S) groups is 1. The van der Waals surface area contributed by atoms with Crippen molar-refractivity contribution in [2.24, 2.45) is 0 Å². The second kappa shape index (κ2) is 6.38. The number of rotatable bonds is 3. The van der Waals surface area contributed by atoms with E-state index in [4.69, 9.17) is 17.0 Å². The predicted octanol–water partition coefficient (Wildman–Crippen LogP) is 1.41. The minimum absolute atomic E-state index is 0.217. The summed E-state index contributed by atoms with van der Waals surface area (Å²) in [6.07, 6.45) is 0.372. The molecule has 0 bridgehead atoms. The lowest BCUT2D eigenvalue weighted by atomic mass is 10.2. The highest BCUT2D eigenvalue weighted by molar-refractivity contribution is 8.00. The number of aldehydes is 1. The second-order valence-corrected chi connectivity index (χ2v) is 6.54. The molecule has 1 atom stereocenters. The van der Waals surface area contributed by atoms with E-state index < -0.39 is 11.7 Å². The van der Waals surface area contributed by atoms with Crippen LogP contribution >= 0.6 is 24.0 Å². The molecule has 1 aliphatic rings. The van der Waals surface area contributed by atoms with Gasteiger partial charge in [-0.05, 0) is 20.8 Å². The Bertz CT molecular complexity index is 342. The molecule has 7 heteroatoms. The Morgan fingerprint density at radius 1 is 1.61 bits per heavy atom. The van der Waals surface area contributed by atoms with E-state index in [-0.39, 0.29) is 11.9 Å². The van der Waals surface area contributed by atoms with Crippen LogP contribution in [0.1, 0.15) is 20.8 Å². The molecule has 1 amide bonds. The van der Waals surface area contributed by atoms with Crippen LogP contribution in [0.15, 0.2) is 0 Å². The summed E-state index contributed by atoms with van der Waals surface area (Å²) in [5.74, 6) is 0.871. The lowest BCUT2D eigenvalue weighted by Gasteiger charge is -2.24. The molecular weight excluding hydrogens is 272 g/mol. The summed E-state index contributed by atoms with van der Waals surface area (Å²) in [5.41, 5.74) is -0.527. The molecule has 1 saturated heterocycles. The monoisotopic (exact) mass is 290 g/mol. The summed E-state index contributed by atoms with van der Waals surface area (Å²) in [5, 5.41) is 2.37. The summed E-state index contributed by atoms with van der Waals surface area (Å²) < 4.78 is 5.10. The van der Waals surface area contributed by atoms with Gasteiger partial charge in [-0.15, -0.1) is 11.8 Å². The standard InChI is InChI=1S/C11H18N2O3S2/c1-11(2,3)16-10(15)12-6-8(17)13-4-5-18-9(13)7-14/h7,9H,4-6H2,1-3H3,(H,12,15)/t9-/m0/s1. The molecule has 0 aromatic carbocycles. The number of hydrogen-bond acceptors (Lipinski definition) is 5.